The summed E-state index contributed by atoms with van der Waals surface area (Å²) >= 11 is 6.43. The lowest BCUT2D eigenvalue weighted by Gasteiger charge is -2.16. The summed E-state index contributed by atoms with van der Waals surface area (Å²) in [7, 11) is 2.97. The molecule has 1 saturated carbocycles. The van der Waals surface area contributed by atoms with E-state index in [2.05, 4.69) is 25.9 Å². The van der Waals surface area contributed by atoms with Gasteiger partial charge in [0.25, 0.3) is 5.91 Å². The maximum absolute atomic E-state index is 13.2. The van der Waals surface area contributed by atoms with Gasteiger partial charge in [-0.1, -0.05) is 11.6 Å². The normalized spacial score (nSPS) is 13.3. The molecule has 0 aliphatic heterocycles. The monoisotopic (exact) mass is 563 g/mol. The Bertz CT molecular complexity index is 1640. The first-order chi connectivity index (χ1) is 19.2. The summed E-state index contributed by atoms with van der Waals surface area (Å²) in [5, 5.41) is 8.55. The van der Waals surface area contributed by atoms with E-state index < -0.39 is 23.0 Å². The molecule has 40 heavy (non-hydrogen) atoms. The van der Waals surface area contributed by atoms with Crippen LogP contribution in [0.25, 0.3) is 10.9 Å². The van der Waals surface area contributed by atoms with E-state index in [4.69, 9.17) is 21.1 Å². The van der Waals surface area contributed by atoms with Crippen molar-refractivity contribution in [2.24, 2.45) is 5.41 Å². The van der Waals surface area contributed by atoms with Crippen LogP contribution in [0.15, 0.2) is 60.9 Å². The third-order valence-corrected chi connectivity index (χ3v) is 6.76. The lowest BCUT2D eigenvalue weighted by Crippen LogP contribution is -2.35. The zero-order valence-corrected chi connectivity index (χ0v) is 22.1. The molecule has 12 heteroatoms. The van der Waals surface area contributed by atoms with Crippen LogP contribution in [0, 0.1) is 11.2 Å². The van der Waals surface area contributed by atoms with E-state index in [0.717, 1.165) is 0 Å². The van der Waals surface area contributed by atoms with Crippen molar-refractivity contribution in [3.63, 3.8) is 0 Å². The van der Waals surface area contributed by atoms with Gasteiger partial charge >= 0.3 is 0 Å². The van der Waals surface area contributed by atoms with E-state index in [9.17, 15) is 18.8 Å². The number of hydrogen-bond acceptors (Lipinski definition) is 7. The molecule has 10 nitrogen and oxygen atoms in total. The van der Waals surface area contributed by atoms with Crippen molar-refractivity contribution in [3.8, 4) is 17.4 Å². The predicted molar refractivity (Wildman–Crippen MR) is 146 cm³/mol. The van der Waals surface area contributed by atoms with E-state index in [1.165, 1.54) is 56.9 Å². The molecule has 0 saturated heterocycles. The Hall–Kier alpha value is -4.77. The SMILES string of the molecule is CNC(=O)c1cc2c(Oc3ncc(NC(=O)C4(C(=O)Nc5ccc(F)cc5)CC4)cc3Cl)ccnc2cc1OC. The summed E-state index contributed by atoms with van der Waals surface area (Å²) in [4.78, 5) is 46.7. The number of benzene rings is 2. The summed E-state index contributed by atoms with van der Waals surface area (Å²) in [6.07, 6.45) is 3.62. The average molecular weight is 564 g/mol. The van der Waals surface area contributed by atoms with Crippen LogP contribution in [0.5, 0.6) is 17.4 Å². The lowest BCUT2D eigenvalue weighted by molar-refractivity contribution is -0.131. The Kier molecular flexibility index (Phi) is 7.22. The highest BCUT2D eigenvalue weighted by molar-refractivity contribution is 6.32. The summed E-state index contributed by atoms with van der Waals surface area (Å²) in [6, 6.07) is 11.6. The summed E-state index contributed by atoms with van der Waals surface area (Å²) in [5.74, 6) is -1.00. The van der Waals surface area contributed by atoms with Gasteiger partial charge in [-0.3, -0.25) is 19.4 Å². The molecule has 2 aromatic heterocycles. The Labute approximate surface area is 232 Å². The minimum absolute atomic E-state index is 0.0552. The number of rotatable bonds is 8. The molecule has 3 N–H and O–H groups in total. The van der Waals surface area contributed by atoms with Crippen LogP contribution in [0.3, 0.4) is 0 Å². The molecular weight excluding hydrogens is 541 g/mol. The van der Waals surface area contributed by atoms with Gasteiger partial charge in [-0.25, -0.2) is 9.37 Å². The van der Waals surface area contributed by atoms with Crippen molar-refractivity contribution in [3.05, 3.63) is 77.3 Å². The van der Waals surface area contributed by atoms with Crippen LogP contribution in [-0.2, 0) is 9.59 Å². The standard InChI is InChI=1S/C28H23ClFN5O5/c1-31-24(36)19-12-18-21(13-23(19)39-2)32-10-7-22(18)40-25-20(29)11-17(14-33-25)35-27(38)28(8-9-28)26(37)34-16-5-3-15(30)4-6-16/h3-7,10-14H,8-9H2,1-2H3,(H,31,36)(H,34,37)(H,35,38). The molecule has 0 spiro atoms. The van der Waals surface area contributed by atoms with Crippen LogP contribution in [0.1, 0.15) is 23.2 Å². The second-order valence-corrected chi connectivity index (χ2v) is 9.48. The number of methoxy groups -OCH3 is 1. The molecule has 2 aromatic carbocycles. The lowest BCUT2D eigenvalue weighted by atomic mass is 10.0. The van der Waals surface area contributed by atoms with E-state index >= 15 is 0 Å². The Morgan fingerprint density at radius 1 is 0.950 bits per heavy atom. The van der Waals surface area contributed by atoms with Gasteiger partial charge in [0.05, 0.1) is 30.1 Å². The maximum atomic E-state index is 13.2. The largest absolute Gasteiger partial charge is 0.496 e. The first-order valence-electron chi connectivity index (χ1n) is 12.1. The number of carbonyl (C=O) groups is 3. The Morgan fingerprint density at radius 2 is 1.65 bits per heavy atom. The first-order valence-corrected chi connectivity index (χ1v) is 12.5. The maximum Gasteiger partial charge on any atom is 0.254 e. The molecule has 0 bridgehead atoms. The van der Waals surface area contributed by atoms with Crippen LogP contribution < -0.4 is 25.4 Å². The topological polar surface area (TPSA) is 132 Å². The van der Waals surface area contributed by atoms with Gasteiger partial charge in [0.2, 0.25) is 17.7 Å². The van der Waals surface area contributed by atoms with E-state index in [-0.39, 0.29) is 22.5 Å². The number of amides is 3. The fourth-order valence-corrected chi connectivity index (χ4v) is 4.31. The number of aromatic nitrogens is 2. The second-order valence-electron chi connectivity index (χ2n) is 9.07. The summed E-state index contributed by atoms with van der Waals surface area (Å²) in [6.45, 7) is 0. The highest BCUT2D eigenvalue weighted by Gasteiger charge is 2.56. The molecule has 1 aliphatic carbocycles. The number of carbonyl (C=O) groups excluding carboxylic acids is 3. The van der Waals surface area contributed by atoms with Gasteiger partial charge in [-0.2, -0.15) is 0 Å². The minimum atomic E-state index is -1.24. The minimum Gasteiger partial charge on any atom is -0.496 e. The number of hydrogen-bond donors (Lipinski definition) is 3. The number of nitrogens with one attached hydrogen (secondary N) is 3. The fourth-order valence-electron chi connectivity index (χ4n) is 4.11. The third-order valence-electron chi connectivity index (χ3n) is 6.49. The molecule has 0 atom stereocenters. The zero-order valence-electron chi connectivity index (χ0n) is 21.4. The van der Waals surface area contributed by atoms with Crippen LogP contribution in [0.2, 0.25) is 5.02 Å². The summed E-state index contributed by atoms with van der Waals surface area (Å²) in [5.41, 5.74) is 0.242. The second kappa shape index (κ2) is 10.8. The smallest absolute Gasteiger partial charge is 0.254 e. The molecule has 4 aromatic rings. The molecular formula is C28H23ClFN5O5. The quantitative estimate of drug-likeness (QED) is 0.259. The van der Waals surface area contributed by atoms with Crippen LogP contribution >= 0.6 is 11.6 Å². The molecule has 204 valence electrons. The van der Waals surface area contributed by atoms with Gasteiger partial charge in [0.1, 0.15) is 27.8 Å². The Morgan fingerprint density at radius 3 is 2.27 bits per heavy atom. The van der Waals surface area contributed by atoms with Crippen LogP contribution in [-0.4, -0.2) is 41.8 Å². The number of pyridine rings is 2. The molecule has 2 heterocycles. The van der Waals surface area contributed by atoms with Gasteiger partial charge in [0.15, 0.2) is 0 Å². The number of halogens is 2. The van der Waals surface area contributed by atoms with Crippen molar-refractivity contribution in [2.75, 3.05) is 24.8 Å². The molecule has 1 aliphatic rings. The van der Waals surface area contributed by atoms with E-state index in [0.29, 0.717) is 46.5 Å². The fraction of sp³-hybridized carbons (Fsp3) is 0.179. The van der Waals surface area contributed by atoms with Gasteiger partial charge in [0, 0.05) is 30.4 Å². The molecule has 3 amide bonds. The molecule has 0 unspecified atom stereocenters. The first kappa shape index (κ1) is 26.8. The van der Waals surface area contributed by atoms with Crippen molar-refractivity contribution >= 4 is 51.6 Å². The number of fused-ring (bicyclic) bond motifs is 1. The van der Waals surface area contributed by atoms with Gasteiger partial charge < -0.3 is 25.4 Å². The summed E-state index contributed by atoms with van der Waals surface area (Å²) < 4.78 is 24.4. The van der Waals surface area contributed by atoms with E-state index in [1.54, 1.807) is 18.2 Å². The number of anilines is 2. The van der Waals surface area contributed by atoms with Crippen molar-refractivity contribution in [1.29, 1.82) is 0 Å². The predicted octanol–water partition coefficient (Wildman–Crippen LogP) is 4.94. The average Bonchev–Trinajstić information content (AvgIpc) is 3.77. The van der Waals surface area contributed by atoms with Crippen molar-refractivity contribution in [2.45, 2.75) is 12.8 Å². The van der Waals surface area contributed by atoms with Crippen LogP contribution in [0.4, 0.5) is 15.8 Å². The molecule has 0 radical (unpaired) electrons. The van der Waals surface area contributed by atoms with Gasteiger partial charge in [-0.05, 0) is 55.3 Å². The number of ether oxygens (including phenoxy) is 2. The Balaban J connectivity index is 1.33. The zero-order chi connectivity index (χ0) is 28.4. The van der Waals surface area contributed by atoms with Crippen molar-refractivity contribution < 1.29 is 28.2 Å². The molecule has 5 rings (SSSR count). The van der Waals surface area contributed by atoms with E-state index in [1.807, 2.05) is 0 Å². The third kappa shape index (κ3) is 5.23. The molecule has 1 fully saturated rings. The highest BCUT2D eigenvalue weighted by atomic mass is 35.5. The van der Waals surface area contributed by atoms with Crippen molar-refractivity contribution in [1.82, 2.24) is 15.3 Å². The highest BCUT2D eigenvalue weighted by Crippen LogP contribution is 2.47. The number of nitrogens with zero attached hydrogens (tertiary/aromatic N) is 2. The van der Waals surface area contributed by atoms with Gasteiger partial charge in [-0.15, -0.1) is 0 Å².